The Morgan fingerprint density at radius 2 is 1.81 bits per heavy atom. The van der Waals surface area contributed by atoms with Gasteiger partial charge in [0.15, 0.2) is 0 Å². The van der Waals surface area contributed by atoms with Gasteiger partial charge in [-0.05, 0) is 48.9 Å². The Bertz CT molecular complexity index is 710. The van der Waals surface area contributed by atoms with Crippen molar-refractivity contribution in [2.45, 2.75) is 17.9 Å². The van der Waals surface area contributed by atoms with Gasteiger partial charge >= 0.3 is 0 Å². The van der Waals surface area contributed by atoms with Crippen molar-refractivity contribution in [2.75, 3.05) is 11.8 Å². The standard InChI is InChI=1S/C15H18N2O3S/c1-11(16)12-4-3-5-13(10-12)17-21(18,19)15-8-6-14(20-2)7-9-15/h3-11,17H,16H2,1-2H3. The smallest absolute Gasteiger partial charge is 0.261 e. The second kappa shape index (κ2) is 6.15. The monoisotopic (exact) mass is 306 g/mol. The molecule has 6 heteroatoms. The number of rotatable bonds is 5. The highest BCUT2D eigenvalue weighted by Crippen LogP contribution is 2.21. The first-order valence-corrected chi connectivity index (χ1v) is 7.93. The van der Waals surface area contributed by atoms with Crippen molar-refractivity contribution < 1.29 is 13.2 Å². The number of nitrogens with two attached hydrogens (primary N) is 1. The maximum absolute atomic E-state index is 12.3. The van der Waals surface area contributed by atoms with Gasteiger partial charge in [-0.1, -0.05) is 12.1 Å². The van der Waals surface area contributed by atoms with Crippen LogP contribution in [0.25, 0.3) is 0 Å². The number of methoxy groups -OCH3 is 1. The van der Waals surface area contributed by atoms with Gasteiger partial charge in [-0.25, -0.2) is 8.42 Å². The van der Waals surface area contributed by atoms with E-state index in [9.17, 15) is 8.42 Å². The summed E-state index contributed by atoms with van der Waals surface area (Å²) in [5, 5.41) is 0. The van der Waals surface area contributed by atoms with Crippen molar-refractivity contribution in [2.24, 2.45) is 5.73 Å². The van der Waals surface area contributed by atoms with Crippen molar-refractivity contribution in [1.82, 2.24) is 0 Å². The van der Waals surface area contributed by atoms with Gasteiger partial charge in [0, 0.05) is 11.7 Å². The quantitative estimate of drug-likeness (QED) is 0.889. The molecule has 2 aromatic carbocycles. The molecule has 0 amide bonds. The van der Waals surface area contributed by atoms with Gasteiger partial charge in [-0.3, -0.25) is 4.72 Å². The molecule has 0 saturated carbocycles. The third-order valence-corrected chi connectivity index (χ3v) is 4.43. The zero-order valence-electron chi connectivity index (χ0n) is 11.9. The zero-order chi connectivity index (χ0) is 15.5. The van der Waals surface area contributed by atoms with Crippen molar-refractivity contribution in [3.05, 3.63) is 54.1 Å². The largest absolute Gasteiger partial charge is 0.497 e. The highest BCUT2D eigenvalue weighted by molar-refractivity contribution is 7.92. The predicted octanol–water partition coefficient (Wildman–Crippen LogP) is 2.52. The van der Waals surface area contributed by atoms with Gasteiger partial charge in [0.2, 0.25) is 0 Å². The molecule has 1 unspecified atom stereocenters. The van der Waals surface area contributed by atoms with E-state index in [0.717, 1.165) is 5.56 Å². The molecule has 5 nitrogen and oxygen atoms in total. The van der Waals surface area contributed by atoms with Crippen LogP contribution < -0.4 is 15.2 Å². The summed E-state index contributed by atoms with van der Waals surface area (Å²) in [5.41, 5.74) is 7.15. The first kappa shape index (κ1) is 15.3. The Kier molecular flexibility index (Phi) is 4.50. The molecular weight excluding hydrogens is 288 g/mol. The van der Waals surface area contributed by atoms with Crippen LogP contribution in [-0.2, 0) is 10.0 Å². The average molecular weight is 306 g/mol. The molecule has 0 aliphatic carbocycles. The van der Waals surface area contributed by atoms with Crippen molar-refractivity contribution in [3.8, 4) is 5.75 Å². The summed E-state index contributed by atoms with van der Waals surface area (Å²) in [6.07, 6.45) is 0. The number of anilines is 1. The Morgan fingerprint density at radius 3 is 2.38 bits per heavy atom. The number of nitrogens with one attached hydrogen (secondary N) is 1. The molecule has 0 radical (unpaired) electrons. The molecule has 2 rings (SSSR count). The molecule has 0 aliphatic heterocycles. The van der Waals surface area contributed by atoms with Gasteiger partial charge in [0.05, 0.1) is 12.0 Å². The van der Waals surface area contributed by atoms with E-state index in [1.807, 2.05) is 13.0 Å². The van der Waals surface area contributed by atoms with Gasteiger partial charge in [-0.2, -0.15) is 0 Å². The summed E-state index contributed by atoms with van der Waals surface area (Å²) >= 11 is 0. The van der Waals surface area contributed by atoms with Crippen LogP contribution in [0.15, 0.2) is 53.4 Å². The fourth-order valence-corrected chi connectivity index (χ4v) is 2.90. The molecule has 0 heterocycles. The summed E-state index contributed by atoms with van der Waals surface area (Å²) in [4.78, 5) is 0.175. The molecule has 0 saturated heterocycles. The molecule has 0 aromatic heterocycles. The number of benzene rings is 2. The Balaban J connectivity index is 2.26. The lowest BCUT2D eigenvalue weighted by Crippen LogP contribution is -2.13. The maximum Gasteiger partial charge on any atom is 0.261 e. The van der Waals surface area contributed by atoms with Crippen LogP contribution in [-0.4, -0.2) is 15.5 Å². The van der Waals surface area contributed by atoms with Crippen LogP contribution in [0.4, 0.5) is 5.69 Å². The summed E-state index contributed by atoms with van der Waals surface area (Å²) in [6.45, 7) is 1.84. The highest BCUT2D eigenvalue weighted by Gasteiger charge is 2.14. The lowest BCUT2D eigenvalue weighted by Gasteiger charge is -2.11. The van der Waals surface area contributed by atoms with Crippen molar-refractivity contribution in [1.29, 1.82) is 0 Å². The Hall–Kier alpha value is -2.05. The van der Waals surface area contributed by atoms with Gasteiger partial charge in [0.25, 0.3) is 10.0 Å². The molecule has 1 atom stereocenters. The number of ether oxygens (including phenoxy) is 1. The second-order valence-electron chi connectivity index (χ2n) is 4.70. The van der Waals surface area contributed by atoms with Crippen LogP contribution in [0.2, 0.25) is 0 Å². The number of sulfonamides is 1. The SMILES string of the molecule is COc1ccc(S(=O)(=O)Nc2cccc(C(C)N)c2)cc1. The fraction of sp³-hybridized carbons (Fsp3) is 0.200. The van der Waals surface area contributed by atoms with Gasteiger partial charge < -0.3 is 10.5 Å². The zero-order valence-corrected chi connectivity index (χ0v) is 12.7. The van der Waals surface area contributed by atoms with E-state index in [4.69, 9.17) is 10.5 Å². The van der Waals surface area contributed by atoms with Crippen LogP contribution in [0.1, 0.15) is 18.5 Å². The third kappa shape index (κ3) is 3.74. The molecule has 2 aromatic rings. The summed E-state index contributed by atoms with van der Waals surface area (Å²) in [5.74, 6) is 0.605. The third-order valence-electron chi connectivity index (χ3n) is 3.03. The predicted molar refractivity (Wildman–Crippen MR) is 82.8 cm³/mol. The molecule has 0 fully saturated rings. The van der Waals surface area contributed by atoms with Crippen LogP contribution in [0, 0.1) is 0 Å². The molecule has 0 spiro atoms. The first-order chi connectivity index (χ1) is 9.92. The number of hydrogen-bond acceptors (Lipinski definition) is 4. The van der Waals surface area contributed by atoms with Crippen molar-refractivity contribution in [3.63, 3.8) is 0 Å². The molecular formula is C15H18N2O3S. The van der Waals surface area contributed by atoms with Gasteiger partial charge in [-0.15, -0.1) is 0 Å². The minimum absolute atomic E-state index is 0.157. The van der Waals surface area contributed by atoms with Gasteiger partial charge in [0.1, 0.15) is 5.75 Å². The minimum Gasteiger partial charge on any atom is -0.497 e. The molecule has 3 N–H and O–H groups in total. The van der Waals surface area contributed by atoms with E-state index in [2.05, 4.69) is 4.72 Å². The van der Waals surface area contributed by atoms with E-state index in [1.54, 1.807) is 30.3 Å². The summed E-state index contributed by atoms with van der Waals surface area (Å²) in [6, 6.07) is 13.1. The van der Waals surface area contributed by atoms with E-state index in [-0.39, 0.29) is 10.9 Å². The molecule has 0 bridgehead atoms. The Labute approximate surface area is 124 Å². The van der Waals surface area contributed by atoms with Crippen LogP contribution in [0.3, 0.4) is 0 Å². The maximum atomic E-state index is 12.3. The second-order valence-corrected chi connectivity index (χ2v) is 6.38. The lowest BCUT2D eigenvalue weighted by atomic mass is 10.1. The highest BCUT2D eigenvalue weighted by atomic mass is 32.2. The van der Waals surface area contributed by atoms with E-state index >= 15 is 0 Å². The normalized spacial score (nSPS) is 12.7. The lowest BCUT2D eigenvalue weighted by molar-refractivity contribution is 0.414. The minimum atomic E-state index is -3.63. The molecule has 112 valence electrons. The number of hydrogen-bond donors (Lipinski definition) is 2. The molecule has 0 aliphatic rings. The van der Waals surface area contributed by atoms with E-state index in [1.165, 1.54) is 19.2 Å². The van der Waals surface area contributed by atoms with Crippen molar-refractivity contribution >= 4 is 15.7 Å². The Morgan fingerprint density at radius 1 is 1.14 bits per heavy atom. The first-order valence-electron chi connectivity index (χ1n) is 6.45. The van der Waals surface area contributed by atoms with Crippen LogP contribution >= 0.6 is 0 Å². The summed E-state index contributed by atoms with van der Waals surface area (Å²) < 4.78 is 32.2. The fourth-order valence-electron chi connectivity index (χ4n) is 1.85. The van der Waals surface area contributed by atoms with E-state index in [0.29, 0.717) is 11.4 Å². The summed E-state index contributed by atoms with van der Waals surface area (Å²) in [7, 11) is -2.10. The van der Waals surface area contributed by atoms with Crippen LogP contribution in [0.5, 0.6) is 5.75 Å². The van der Waals surface area contributed by atoms with E-state index < -0.39 is 10.0 Å². The average Bonchev–Trinajstić information content (AvgIpc) is 2.47. The molecule has 21 heavy (non-hydrogen) atoms. The topological polar surface area (TPSA) is 81.4 Å².